The van der Waals surface area contributed by atoms with E-state index in [1.165, 1.54) is 22.9 Å². The molecule has 1 fully saturated rings. The summed E-state index contributed by atoms with van der Waals surface area (Å²) in [7, 11) is 0. The first-order valence-electron chi connectivity index (χ1n) is 6.85. The zero-order chi connectivity index (χ0) is 14.7. The number of nitrogens with one attached hydrogen (secondary N) is 1. The largest absolute Gasteiger partial charge is 0.311 e. The predicted octanol–water partition coefficient (Wildman–Crippen LogP) is 3.73. The second-order valence-electron chi connectivity index (χ2n) is 4.99. The maximum absolute atomic E-state index is 12.0. The number of thioether (sulfide) groups is 1. The van der Waals surface area contributed by atoms with Gasteiger partial charge in [0.1, 0.15) is 4.32 Å². The van der Waals surface area contributed by atoms with Crippen molar-refractivity contribution in [2.45, 2.75) is 17.6 Å². The Hall–Kier alpha value is -1.65. The summed E-state index contributed by atoms with van der Waals surface area (Å²) in [5.74, 6) is 0.235. The Labute approximate surface area is 134 Å². The number of hydrogen-bond donors (Lipinski definition) is 1. The van der Waals surface area contributed by atoms with E-state index < -0.39 is 0 Å². The minimum Gasteiger partial charge on any atom is -0.311 e. The van der Waals surface area contributed by atoms with Crippen LogP contribution >= 0.6 is 24.0 Å². The summed E-state index contributed by atoms with van der Waals surface area (Å²) in [5, 5.41) is 2.62. The maximum Gasteiger partial charge on any atom is 0.239 e. The molecule has 1 N–H and O–H groups in total. The van der Waals surface area contributed by atoms with E-state index in [0.717, 1.165) is 6.42 Å². The Bertz CT molecular complexity index is 603. The third-order valence-electron chi connectivity index (χ3n) is 3.62. The first-order chi connectivity index (χ1) is 10.2. The zero-order valence-corrected chi connectivity index (χ0v) is 13.0. The summed E-state index contributed by atoms with van der Waals surface area (Å²) >= 11 is 6.55. The molecule has 1 amide bonds. The van der Waals surface area contributed by atoms with Gasteiger partial charge in [-0.2, -0.15) is 0 Å². The van der Waals surface area contributed by atoms with E-state index in [-0.39, 0.29) is 17.1 Å². The van der Waals surface area contributed by atoms with Gasteiger partial charge in [-0.05, 0) is 17.5 Å². The first kappa shape index (κ1) is 14.3. The minimum atomic E-state index is -0.108. The van der Waals surface area contributed by atoms with E-state index in [0.29, 0.717) is 4.32 Å². The monoisotopic (exact) mass is 313 g/mol. The molecule has 4 heteroatoms. The van der Waals surface area contributed by atoms with Crippen molar-refractivity contribution in [3.8, 4) is 0 Å². The molecule has 0 aromatic heterocycles. The average Bonchev–Trinajstić information content (AvgIpc) is 2.84. The van der Waals surface area contributed by atoms with E-state index in [2.05, 4.69) is 29.6 Å². The van der Waals surface area contributed by atoms with Crippen LogP contribution in [-0.2, 0) is 4.79 Å². The molecular weight excluding hydrogens is 298 g/mol. The smallest absolute Gasteiger partial charge is 0.239 e. The number of amides is 1. The summed E-state index contributed by atoms with van der Waals surface area (Å²) in [5.41, 5.74) is 2.46. The molecule has 0 aliphatic carbocycles. The lowest BCUT2D eigenvalue weighted by atomic mass is 9.87. The van der Waals surface area contributed by atoms with Gasteiger partial charge < -0.3 is 5.32 Å². The van der Waals surface area contributed by atoms with Crippen molar-refractivity contribution in [3.63, 3.8) is 0 Å². The molecule has 1 saturated heterocycles. The highest BCUT2D eigenvalue weighted by Crippen LogP contribution is 2.34. The molecule has 0 saturated carbocycles. The molecule has 1 atom stereocenters. The molecule has 0 bridgehead atoms. The van der Waals surface area contributed by atoms with Crippen LogP contribution < -0.4 is 5.32 Å². The lowest BCUT2D eigenvalue weighted by molar-refractivity contribution is -0.118. The Morgan fingerprint density at radius 1 is 1.00 bits per heavy atom. The molecule has 2 aromatic rings. The van der Waals surface area contributed by atoms with E-state index in [9.17, 15) is 4.79 Å². The normalized spacial score (nSPS) is 18.0. The summed E-state index contributed by atoms with van der Waals surface area (Å²) in [6, 6.07) is 20.7. The molecule has 1 aliphatic heterocycles. The highest BCUT2D eigenvalue weighted by atomic mass is 32.2. The van der Waals surface area contributed by atoms with Crippen LogP contribution in [0, 0.1) is 0 Å². The third kappa shape index (κ3) is 3.34. The molecule has 3 rings (SSSR count). The van der Waals surface area contributed by atoms with E-state index >= 15 is 0 Å². The fraction of sp³-hybridized carbons (Fsp3) is 0.176. The Kier molecular flexibility index (Phi) is 4.36. The van der Waals surface area contributed by atoms with Crippen molar-refractivity contribution in [1.29, 1.82) is 0 Å². The van der Waals surface area contributed by atoms with Crippen LogP contribution in [-0.4, -0.2) is 15.5 Å². The first-order valence-corrected chi connectivity index (χ1v) is 8.14. The van der Waals surface area contributed by atoms with Crippen molar-refractivity contribution >= 4 is 34.2 Å². The fourth-order valence-corrected chi connectivity index (χ4v) is 3.92. The second-order valence-corrected chi connectivity index (χ2v) is 6.87. The van der Waals surface area contributed by atoms with Gasteiger partial charge in [0, 0.05) is 5.92 Å². The van der Waals surface area contributed by atoms with Crippen LogP contribution in [0.25, 0.3) is 0 Å². The van der Waals surface area contributed by atoms with E-state index in [4.69, 9.17) is 12.2 Å². The van der Waals surface area contributed by atoms with Gasteiger partial charge in [0.25, 0.3) is 0 Å². The topological polar surface area (TPSA) is 29.1 Å². The fourth-order valence-electron chi connectivity index (χ4n) is 2.60. The molecule has 2 nitrogen and oxygen atoms in total. The van der Waals surface area contributed by atoms with Crippen molar-refractivity contribution in [2.24, 2.45) is 0 Å². The highest BCUT2D eigenvalue weighted by molar-refractivity contribution is 8.24. The molecule has 21 heavy (non-hydrogen) atoms. The van der Waals surface area contributed by atoms with Gasteiger partial charge in [0.15, 0.2) is 0 Å². The predicted molar refractivity (Wildman–Crippen MR) is 91.5 cm³/mol. The van der Waals surface area contributed by atoms with E-state index in [1.807, 2.05) is 36.4 Å². The molecule has 0 radical (unpaired) electrons. The molecule has 1 heterocycles. The number of benzene rings is 2. The van der Waals surface area contributed by atoms with Crippen LogP contribution in [0.4, 0.5) is 0 Å². The van der Waals surface area contributed by atoms with Crippen molar-refractivity contribution in [1.82, 2.24) is 5.32 Å². The third-order valence-corrected chi connectivity index (χ3v) is 5.02. The summed E-state index contributed by atoms with van der Waals surface area (Å²) in [6.07, 6.45) is 0.755. The number of thiocarbonyl (C=S) groups is 1. The lowest BCUT2D eigenvalue weighted by Crippen LogP contribution is -2.25. The van der Waals surface area contributed by atoms with Crippen LogP contribution in [0.3, 0.4) is 0 Å². The summed E-state index contributed by atoms with van der Waals surface area (Å²) < 4.78 is 0.588. The molecule has 0 spiro atoms. The van der Waals surface area contributed by atoms with Crippen LogP contribution in [0.15, 0.2) is 60.7 Å². The summed E-state index contributed by atoms with van der Waals surface area (Å²) in [4.78, 5) is 12.0. The van der Waals surface area contributed by atoms with Crippen LogP contribution in [0.2, 0.25) is 0 Å². The number of hydrogen-bond acceptors (Lipinski definition) is 3. The molecular formula is C17H15NOS2. The van der Waals surface area contributed by atoms with Crippen molar-refractivity contribution in [3.05, 3.63) is 71.8 Å². The molecule has 2 aromatic carbocycles. The van der Waals surface area contributed by atoms with Gasteiger partial charge >= 0.3 is 0 Å². The Balaban J connectivity index is 1.90. The highest BCUT2D eigenvalue weighted by Gasteiger charge is 2.32. The minimum absolute atomic E-state index is 0.0295. The number of rotatable bonds is 4. The number of carbonyl (C=O) groups excluding carboxylic acids is 1. The standard InChI is InChI=1S/C17H15NOS2/c19-16-15(21-17(20)18-16)11-14(12-7-3-1-4-8-12)13-9-5-2-6-10-13/h1-10,14-15H,11H2,(H,18,19,20). The van der Waals surface area contributed by atoms with Gasteiger partial charge in [-0.1, -0.05) is 84.6 Å². The second kappa shape index (κ2) is 6.41. The van der Waals surface area contributed by atoms with Crippen molar-refractivity contribution < 1.29 is 4.79 Å². The van der Waals surface area contributed by atoms with Crippen LogP contribution in [0.5, 0.6) is 0 Å². The molecule has 1 unspecified atom stereocenters. The zero-order valence-electron chi connectivity index (χ0n) is 11.4. The van der Waals surface area contributed by atoms with Gasteiger partial charge in [0.05, 0.1) is 5.25 Å². The lowest BCUT2D eigenvalue weighted by Gasteiger charge is -2.20. The Morgan fingerprint density at radius 3 is 1.95 bits per heavy atom. The van der Waals surface area contributed by atoms with Crippen LogP contribution in [0.1, 0.15) is 23.5 Å². The van der Waals surface area contributed by atoms with Gasteiger partial charge in [-0.25, -0.2) is 0 Å². The quantitative estimate of drug-likeness (QED) is 0.872. The van der Waals surface area contributed by atoms with Gasteiger partial charge in [-0.15, -0.1) is 0 Å². The number of carbonyl (C=O) groups is 1. The maximum atomic E-state index is 12.0. The van der Waals surface area contributed by atoms with Crippen molar-refractivity contribution in [2.75, 3.05) is 0 Å². The van der Waals surface area contributed by atoms with Gasteiger partial charge in [0.2, 0.25) is 5.91 Å². The Morgan fingerprint density at radius 2 is 1.52 bits per heavy atom. The van der Waals surface area contributed by atoms with Gasteiger partial charge in [-0.3, -0.25) is 4.79 Å². The SMILES string of the molecule is O=C1NC(=S)SC1CC(c1ccccc1)c1ccccc1. The summed E-state index contributed by atoms with van der Waals surface area (Å²) in [6.45, 7) is 0. The average molecular weight is 313 g/mol. The molecule has 106 valence electrons. The molecule has 1 aliphatic rings. The van der Waals surface area contributed by atoms with E-state index in [1.54, 1.807) is 0 Å².